The van der Waals surface area contributed by atoms with Crippen molar-refractivity contribution >= 4 is 12.6 Å². The second-order valence-corrected chi connectivity index (χ2v) is 9.67. The van der Waals surface area contributed by atoms with Crippen LogP contribution in [0.5, 0.6) is 0 Å². The predicted octanol–water partition coefficient (Wildman–Crippen LogP) is 6.99. The van der Waals surface area contributed by atoms with Crippen LogP contribution < -0.4 is 5.46 Å². The quantitative estimate of drug-likeness (QED) is 0.324. The molecular weight excluding hydrogens is 403 g/mol. The lowest BCUT2D eigenvalue weighted by Crippen LogP contribution is -2.41. The molecule has 0 bridgehead atoms. The van der Waals surface area contributed by atoms with Gasteiger partial charge in [0.15, 0.2) is 0 Å². The van der Waals surface area contributed by atoms with Crippen molar-refractivity contribution in [2.75, 3.05) is 0 Å². The third kappa shape index (κ3) is 4.03. The fourth-order valence-corrected chi connectivity index (χ4v) is 4.38. The van der Waals surface area contributed by atoms with E-state index in [2.05, 4.69) is 131 Å². The normalized spacial score (nSPS) is 16.7. The monoisotopic (exact) mass is 432 g/mol. The van der Waals surface area contributed by atoms with Gasteiger partial charge in [0.05, 0.1) is 11.2 Å². The van der Waals surface area contributed by atoms with E-state index in [0.717, 1.165) is 27.7 Å². The summed E-state index contributed by atoms with van der Waals surface area (Å²) in [6, 6.07) is 36.2. The molecular formula is C30H29BO2. The van der Waals surface area contributed by atoms with Crippen LogP contribution >= 0.6 is 0 Å². The largest absolute Gasteiger partial charge is 0.496 e. The van der Waals surface area contributed by atoms with Crippen LogP contribution in [0.4, 0.5) is 0 Å². The third-order valence-corrected chi connectivity index (χ3v) is 6.95. The van der Waals surface area contributed by atoms with Gasteiger partial charge in [-0.15, -0.1) is 0 Å². The zero-order valence-electron chi connectivity index (χ0n) is 19.7. The van der Waals surface area contributed by atoms with Gasteiger partial charge in [0.1, 0.15) is 0 Å². The molecule has 4 aromatic rings. The number of benzene rings is 4. The maximum Gasteiger partial charge on any atom is 0.496 e. The standard InChI is InChI=1S/C30H29BO2/c1-29(2)30(3,4)33-31(32-29)28-26(23-16-10-6-11-17-23)20-25(22-14-8-5-9-15-22)21-27(28)24-18-12-7-13-19-24/h5-21H,1-4H3. The Morgan fingerprint density at radius 2 is 0.848 bits per heavy atom. The summed E-state index contributed by atoms with van der Waals surface area (Å²) in [5, 5.41) is 0. The molecule has 0 saturated carbocycles. The molecule has 33 heavy (non-hydrogen) atoms. The topological polar surface area (TPSA) is 18.5 Å². The number of hydrogen-bond acceptors (Lipinski definition) is 2. The van der Waals surface area contributed by atoms with Crippen LogP contribution in [0.3, 0.4) is 0 Å². The molecule has 4 aromatic carbocycles. The molecule has 0 amide bonds. The molecule has 0 spiro atoms. The van der Waals surface area contributed by atoms with E-state index >= 15 is 0 Å². The van der Waals surface area contributed by atoms with Crippen molar-refractivity contribution in [1.29, 1.82) is 0 Å². The molecule has 164 valence electrons. The van der Waals surface area contributed by atoms with Crippen LogP contribution in [0.2, 0.25) is 0 Å². The summed E-state index contributed by atoms with van der Waals surface area (Å²) in [4.78, 5) is 0. The minimum Gasteiger partial charge on any atom is -0.399 e. The molecule has 0 radical (unpaired) electrons. The van der Waals surface area contributed by atoms with Gasteiger partial charge in [-0.25, -0.2) is 0 Å². The highest BCUT2D eigenvalue weighted by Crippen LogP contribution is 2.40. The second-order valence-electron chi connectivity index (χ2n) is 9.67. The number of hydrogen-bond donors (Lipinski definition) is 0. The van der Waals surface area contributed by atoms with Crippen LogP contribution in [-0.4, -0.2) is 18.3 Å². The van der Waals surface area contributed by atoms with Crippen LogP contribution in [0.15, 0.2) is 103 Å². The molecule has 0 aliphatic carbocycles. The fraction of sp³-hybridized carbons (Fsp3) is 0.200. The van der Waals surface area contributed by atoms with E-state index in [1.807, 2.05) is 0 Å². The highest BCUT2D eigenvalue weighted by atomic mass is 16.7. The van der Waals surface area contributed by atoms with Gasteiger partial charge in [0, 0.05) is 0 Å². The summed E-state index contributed by atoms with van der Waals surface area (Å²) < 4.78 is 13.2. The van der Waals surface area contributed by atoms with Crippen molar-refractivity contribution in [2.45, 2.75) is 38.9 Å². The SMILES string of the molecule is CC1(C)OB(c2c(-c3ccccc3)cc(-c3ccccc3)cc2-c2ccccc2)OC1(C)C. The van der Waals surface area contributed by atoms with Crippen molar-refractivity contribution in [3.63, 3.8) is 0 Å². The Labute approximate surface area is 197 Å². The first-order chi connectivity index (χ1) is 15.9. The van der Waals surface area contributed by atoms with Gasteiger partial charge in [-0.1, -0.05) is 91.0 Å². The summed E-state index contributed by atoms with van der Waals surface area (Å²) in [5.41, 5.74) is 7.17. The molecule has 1 aliphatic rings. The average Bonchev–Trinajstić information content (AvgIpc) is 3.06. The van der Waals surface area contributed by atoms with Crippen molar-refractivity contribution in [3.8, 4) is 33.4 Å². The second kappa shape index (κ2) is 8.33. The lowest BCUT2D eigenvalue weighted by Gasteiger charge is -2.32. The molecule has 5 rings (SSSR count). The Morgan fingerprint density at radius 3 is 1.24 bits per heavy atom. The van der Waals surface area contributed by atoms with Gasteiger partial charge in [-0.05, 0) is 78.7 Å². The van der Waals surface area contributed by atoms with Gasteiger partial charge >= 0.3 is 7.12 Å². The molecule has 2 nitrogen and oxygen atoms in total. The van der Waals surface area contributed by atoms with E-state index < -0.39 is 18.3 Å². The van der Waals surface area contributed by atoms with Crippen LogP contribution in [0.25, 0.3) is 33.4 Å². The van der Waals surface area contributed by atoms with E-state index in [-0.39, 0.29) is 0 Å². The molecule has 0 N–H and O–H groups in total. The first kappa shape index (κ1) is 21.7. The van der Waals surface area contributed by atoms with E-state index in [1.54, 1.807) is 0 Å². The summed E-state index contributed by atoms with van der Waals surface area (Å²) >= 11 is 0. The van der Waals surface area contributed by atoms with Gasteiger partial charge in [0.25, 0.3) is 0 Å². The lowest BCUT2D eigenvalue weighted by molar-refractivity contribution is 0.00578. The Balaban J connectivity index is 1.81. The zero-order chi connectivity index (χ0) is 23.1. The summed E-state index contributed by atoms with van der Waals surface area (Å²) in [5.74, 6) is 0. The Hall–Kier alpha value is -3.14. The molecule has 0 unspecified atom stereocenters. The van der Waals surface area contributed by atoms with Crippen LogP contribution in [0, 0.1) is 0 Å². The maximum atomic E-state index is 6.60. The molecule has 1 fully saturated rings. The third-order valence-electron chi connectivity index (χ3n) is 6.95. The molecule has 1 saturated heterocycles. The Bertz CT molecular complexity index is 1170. The van der Waals surface area contributed by atoms with Crippen molar-refractivity contribution in [1.82, 2.24) is 0 Å². The average molecular weight is 432 g/mol. The molecule has 3 heteroatoms. The minimum absolute atomic E-state index is 0.419. The van der Waals surface area contributed by atoms with E-state index in [0.29, 0.717) is 0 Å². The molecule has 0 atom stereocenters. The summed E-state index contributed by atoms with van der Waals surface area (Å²) in [7, 11) is -0.467. The van der Waals surface area contributed by atoms with Gasteiger partial charge in [0.2, 0.25) is 0 Å². The Morgan fingerprint density at radius 1 is 0.485 bits per heavy atom. The van der Waals surface area contributed by atoms with Crippen LogP contribution in [-0.2, 0) is 9.31 Å². The van der Waals surface area contributed by atoms with Crippen molar-refractivity contribution < 1.29 is 9.31 Å². The van der Waals surface area contributed by atoms with Crippen molar-refractivity contribution in [3.05, 3.63) is 103 Å². The highest BCUT2D eigenvalue weighted by Gasteiger charge is 2.53. The highest BCUT2D eigenvalue weighted by molar-refractivity contribution is 6.65. The summed E-state index contributed by atoms with van der Waals surface area (Å²) in [6.45, 7) is 8.43. The Kier molecular flexibility index (Phi) is 5.48. The first-order valence-electron chi connectivity index (χ1n) is 11.6. The van der Waals surface area contributed by atoms with E-state index in [9.17, 15) is 0 Å². The van der Waals surface area contributed by atoms with Gasteiger partial charge in [-0.3, -0.25) is 0 Å². The zero-order valence-corrected chi connectivity index (χ0v) is 19.7. The van der Waals surface area contributed by atoms with Gasteiger partial charge < -0.3 is 9.31 Å². The molecule has 1 heterocycles. The number of rotatable bonds is 4. The molecule has 0 aromatic heterocycles. The van der Waals surface area contributed by atoms with Crippen LogP contribution in [0.1, 0.15) is 27.7 Å². The maximum absolute atomic E-state index is 6.60. The smallest absolute Gasteiger partial charge is 0.399 e. The van der Waals surface area contributed by atoms with Gasteiger partial charge in [-0.2, -0.15) is 0 Å². The first-order valence-corrected chi connectivity index (χ1v) is 11.6. The predicted molar refractivity (Wildman–Crippen MR) is 138 cm³/mol. The summed E-state index contributed by atoms with van der Waals surface area (Å²) in [6.07, 6.45) is 0. The molecule has 1 aliphatic heterocycles. The fourth-order valence-electron chi connectivity index (χ4n) is 4.38. The minimum atomic E-state index is -0.467. The van der Waals surface area contributed by atoms with E-state index in [1.165, 1.54) is 11.1 Å². The van der Waals surface area contributed by atoms with Crippen molar-refractivity contribution in [2.24, 2.45) is 0 Å². The van der Waals surface area contributed by atoms with E-state index in [4.69, 9.17) is 9.31 Å². The lowest BCUT2D eigenvalue weighted by atomic mass is 9.69.